The lowest BCUT2D eigenvalue weighted by atomic mass is 9.92. The molecule has 0 aliphatic carbocycles. The van der Waals surface area contributed by atoms with Crippen molar-refractivity contribution in [3.63, 3.8) is 0 Å². The zero-order chi connectivity index (χ0) is 32.1. The largest absolute Gasteiger partial charge is 0.384 e. The molecule has 0 aromatic heterocycles. The minimum absolute atomic E-state index is 0.0313. The topological polar surface area (TPSA) is 236 Å². The normalized spacial score (nSPS) is 13.5. The number of nitrogen functional groups attached to an aromatic ring is 1. The number of likely N-dealkylation sites (N-methyl/N-ethyl adjacent to an activating group) is 1. The van der Waals surface area contributed by atoms with Crippen LogP contribution in [0, 0.1) is 17.2 Å². The lowest BCUT2D eigenvalue weighted by molar-refractivity contribution is -0.147. The third-order valence-electron chi connectivity index (χ3n) is 7.18. The summed E-state index contributed by atoms with van der Waals surface area (Å²) in [5.74, 6) is -4.13. The van der Waals surface area contributed by atoms with Gasteiger partial charge in [0.15, 0.2) is 5.96 Å². The molecule has 0 fully saturated rings. The van der Waals surface area contributed by atoms with Gasteiger partial charge in [-0.2, -0.15) is 0 Å². The summed E-state index contributed by atoms with van der Waals surface area (Å²) in [7, 11) is 1.47. The van der Waals surface area contributed by atoms with Crippen LogP contribution in [0.25, 0.3) is 0 Å². The van der Waals surface area contributed by atoms with E-state index < -0.39 is 41.6 Å². The van der Waals surface area contributed by atoms with Crippen LogP contribution in [0.4, 0.5) is 5.69 Å². The van der Waals surface area contributed by atoms with Crippen molar-refractivity contribution in [1.82, 2.24) is 10.2 Å². The molecule has 2 aromatic carbocycles. The Kier molecular flexibility index (Phi) is 13.1. The van der Waals surface area contributed by atoms with Gasteiger partial charge in [-0.1, -0.05) is 62.7 Å². The van der Waals surface area contributed by atoms with Crippen LogP contribution in [0.3, 0.4) is 0 Å². The molecule has 4 amide bonds. The number of nitrogens with zero attached hydrogens (tertiary/aromatic N) is 2. The zero-order valence-corrected chi connectivity index (χ0v) is 24.9. The Morgan fingerprint density at radius 2 is 1.58 bits per heavy atom. The van der Waals surface area contributed by atoms with Crippen molar-refractivity contribution in [1.29, 1.82) is 5.41 Å². The van der Waals surface area contributed by atoms with Crippen molar-refractivity contribution < 1.29 is 19.2 Å². The molecule has 13 nitrogen and oxygen atoms in total. The monoisotopic (exact) mass is 593 g/mol. The van der Waals surface area contributed by atoms with Crippen molar-refractivity contribution >= 4 is 41.1 Å². The molecule has 0 aliphatic rings. The van der Waals surface area contributed by atoms with E-state index in [-0.39, 0.29) is 37.1 Å². The average Bonchev–Trinajstić information content (AvgIpc) is 2.97. The number of hydrogen-bond donors (Lipinski definition) is 7. The molecular weight excluding hydrogens is 550 g/mol. The Hall–Kier alpha value is -4.94. The second-order valence-corrected chi connectivity index (χ2v) is 10.4. The number of primary amides is 1. The first-order valence-electron chi connectivity index (χ1n) is 14.1. The molecule has 3 unspecified atom stereocenters. The number of carbonyl (C=O) groups is 4. The van der Waals surface area contributed by atoms with Gasteiger partial charge in [-0.05, 0) is 42.9 Å². The van der Waals surface area contributed by atoms with Gasteiger partial charge in [-0.25, -0.2) is 0 Å². The number of amidine groups is 1. The van der Waals surface area contributed by atoms with Crippen molar-refractivity contribution in [2.45, 2.75) is 51.6 Å². The van der Waals surface area contributed by atoms with E-state index in [9.17, 15) is 19.2 Å². The van der Waals surface area contributed by atoms with Crippen molar-refractivity contribution in [2.75, 3.05) is 18.9 Å². The summed E-state index contributed by atoms with van der Waals surface area (Å²) in [6, 6.07) is 13.4. The molecule has 0 radical (unpaired) electrons. The molecule has 2 aromatic rings. The molecule has 13 heteroatoms. The molecule has 0 spiro atoms. The van der Waals surface area contributed by atoms with Crippen LogP contribution >= 0.6 is 0 Å². The predicted octanol–water partition coefficient (Wildman–Crippen LogP) is 0.665. The van der Waals surface area contributed by atoms with Crippen LogP contribution in [0.1, 0.15) is 44.2 Å². The van der Waals surface area contributed by atoms with Crippen LogP contribution in [-0.4, -0.2) is 66.0 Å². The average molecular weight is 594 g/mol. The molecule has 11 N–H and O–H groups in total. The summed E-state index contributed by atoms with van der Waals surface area (Å²) in [4.78, 5) is 58.4. The molecule has 0 aliphatic heterocycles. The van der Waals surface area contributed by atoms with E-state index in [1.807, 2.05) is 13.8 Å². The zero-order valence-electron chi connectivity index (χ0n) is 24.9. The van der Waals surface area contributed by atoms with Crippen LogP contribution in [-0.2, 0) is 25.6 Å². The number of benzene rings is 2. The summed E-state index contributed by atoms with van der Waals surface area (Å²) >= 11 is 0. The summed E-state index contributed by atoms with van der Waals surface area (Å²) in [5, 5.41) is 13.1. The Morgan fingerprint density at radius 3 is 2.12 bits per heavy atom. The van der Waals surface area contributed by atoms with E-state index in [2.05, 4.69) is 15.6 Å². The molecule has 4 atom stereocenters. The van der Waals surface area contributed by atoms with Gasteiger partial charge in [0.1, 0.15) is 23.8 Å². The highest BCUT2D eigenvalue weighted by molar-refractivity contribution is 6.07. The van der Waals surface area contributed by atoms with Crippen LogP contribution in [0.15, 0.2) is 59.6 Å². The Labute approximate surface area is 252 Å². The number of hydrogen-bond acceptors (Lipinski definition) is 6. The maximum Gasteiger partial charge on any atom is 0.243 e. The molecule has 43 heavy (non-hydrogen) atoms. The maximum atomic E-state index is 14.0. The Balaban J connectivity index is 2.35. The second-order valence-electron chi connectivity index (χ2n) is 10.4. The predicted molar refractivity (Wildman–Crippen MR) is 167 cm³/mol. The number of anilines is 1. The summed E-state index contributed by atoms with van der Waals surface area (Å²) in [6.45, 7) is 3.94. The first-order chi connectivity index (χ1) is 20.3. The number of nitrogens with one attached hydrogen (secondary N) is 3. The fourth-order valence-corrected chi connectivity index (χ4v) is 4.57. The van der Waals surface area contributed by atoms with Gasteiger partial charge in [0.2, 0.25) is 23.6 Å². The van der Waals surface area contributed by atoms with Crippen molar-refractivity contribution in [3.8, 4) is 0 Å². The summed E-state index contributed by atoms with van der Waals surface area (Å²) < 4.78 is 0. The van der Waals surface area contributed by atoms with E-state index in [1.165, 1.54) is 11.9 Å². The van der Waals surface area contributed by atoms with Crippen molar-refractivity contribution in [3.05, 3.63) is 65.7 Å². The second kappa shape index (κ2) is 16.5. The first kappa shape index (κ1) is 34.3. The third-order valence-corrected chi connectivity index (χ3v) is 7.18. The van der Waals surface area contributed by atoms with Crippen LogP contribution < -0.4 is 33.6 Å². The van der Waals surface area contributed by atoms with Gasteiger partial charge in [0.05, 0.1) is 0 Å². The van der Waals surface area contributed by atoms with Gasteiger partial charge in [-0.15, -0.1) is 0 Å². The fraction of sp³-hybridized carbons (Fsp3) is 0.400. The van der Waals surface area contributed by atoms with Gasteiger partial charge < -0.3 is 38.5 Å². The highest BCUT2D eigenvalue weighted by Gasteiger charge is 2.38. The van der Waals surface area contributed by atoms with E-state index in [0.717, 1.165) is 0 Å². The number of amides is 4. The van der Waals surface area contributed by atoms with Gasteiger partial charge in [0, 0.05) is 24.8 Å². The molecule has 232 valence electrons. The quantitative estimate of drug-likeness (QED) is 0.0635. The molecule has 0 saturated heterocycles. The van der Waals surface area contributed by atoms with E-state index in [0.29, 0.717) is 29.7 Å². The van der Waals surface area contributed by atoms with Gasteiger partial charge in [0.25, 0.3) is 0 Å². The smallest absolute Gasteiger partial charge is 0.243 e. The van der Waals surface area contributed by atoms with Crippen LogP contribution in [0.2, 0.25) is 0 Å². The van der Waals surface area contributed by atoms with Crippen molar-refractivity contribution in [2.24, 2.45) is 39.8 Å². The highest BCUT2D eigenvalue weighted by Crippen LogP contribution is 2.21. The SMILES string of the molecule is CCC(C)C(C(=O)N[C@@H](CCCN=C(N)N)C(N)=O)N(C)C(=O)C(Cc1ccc(C(=N)N)cc1)C(=O)Nc1ccccc1. The Morgan fingerprint density at radius 1 is 0.953 bits per heavy atom. The number of guanidine groups is 1. The Bertz CT molecular complexity index is 1290. The first-order valence-corrected chi connectivity index (χ1v) is 14.1. The van der Waals surface area contributed by atoms with E-state index in [4.69, 9.17) is 28.3 Å². The third kappa shape index (κ3) is 10.4. The number of aliphatic imine (C=N–C) groups is 1. The minimum atomic E-state index is -1.20. The standard InChI is InChI=1S/C30H43N9O4/c1-4-18(2)24(28(42)38-23(26(33)40)11-8-16-36-30(34)35)39(3)29(43)22(27(41)37-21-9-6-5-7-10-21)17-19-12-14-20(15-13-19)25(31)32/h5-7,9-10,12-15,18,22-24H,4,8,11,16-17H2,1-3H3,(H3,31,32)(H2,33,40)(H,37,41)(H,38,42)(H4,34,35,36)/t18?,22?,23-,24?/m0/s1. The molecule has 0 heterocycles. The highest BCUT2D eigenvalue weighted by atomic mass is 16.2. The molecule has 0 bridgehead atoms. The number of carbonyl (C=O) groups excluding carboxylic acids is 4. The fourth-order valence-electron chi connectivity index (χ4n) is 4.57. The number of nitrogens with two attached hydrogens (primary N) is 4. The maximum absolute atomic E-state index is 14.0. The lowest BCUT2D eigenvalue weighted by Gasteiger charge is -2.34. The van der Waals surface area contributed by atoms with Gasteiger partial charge >= 0.3 is 0 Å². The number of rotatable bonds is 16. The lowest BCUT2D eigenvalue weighted by Crippen LogP contribution is -2.57. The summed E-state index contributed by atoms with van der Waals surface area (Å²) in [6.07, 6.45) is 1.15. The molecular formula is C30H43N9O4. The molecule has 2 rings (SSSR count). The van der Waals surface area contributed by atoms with Gasteiger partial charge in [-0.3, -0.25) is 29.6 Å². The summed E-state index contributed by atoms with van der Waals surface area (Å²) in [5.41, 5.74) is 23.5. The van der Waals surface area contributed by atoms with E-state index in [1.54, 1.807) is 54.6 Å². The van der Waals surface area contributed by atoms with E-state index >= 15 is 0 Å². The number of para-hydroxylation sites is 1. The minimum Gasteiger partial charge on any atom is -0.384 e. The van der Waals surface area contributed by atoms with Crippen LogP contribution in [0.5, 0.6) is 0 Å². The molecule has 0 saturated carbocycles.